The van der Waals surface area contributed by atoms with Crippen LogP contribution in [0.25, 0.3) is 11.1 Å². The molecule has 48 heavy (non-hydrogen) atoms. The summed E-state index contributed by atoms with van der Waals surface area (Å²) < 4.78 is 83.2. The molecule has 1 aromatic carbocycles. The maximum atomic E-state index is 14.1. The molecule has 2 aromatic heterocycles. The van der Waals surface area contributed by atoms with Crippen LogP contribution in [0.15, 0.2) is 34.9 Å². The minimum Gasteiger partial charge on any atom is -0.438 e. The standard InChI is InChI=1S/C32H43F5N6O4Si/c1-7-43-22(12-15-38-43)27(44)41-26(19-10-13-31(33,34)14-11-19)28-39-21-16-20(8-9-24(21)47-28)23(18-46-48(5,6)30(2,3)4)42-17-25(32(35,36)37)40-29(42)45/h8-9,12,15-16,19,23,25-26H,7,10-11,13-14,17-18H2,1-6H3,(H,40,45)(H,41,44)/t23-,25-,26-/m0/s1. The molecule has 16 heteroatoms. The Morgan fingerprint density at radius 3 is 2.48 bits per heavy atom. The molecule has 0 bridgehead atoms. The summed E-state index contributed by atoms with van der Waals surface area (Å²) in [5, 5.41) is 8.93. The lowest BCUT2D eigenvalue weighted by atomic mass is 9.82. The Morgan fingerprint density at radius 2 is 1.88 bits per heavy atom. The van der Waals surface area contributed by atoms with Gasteiger partial charge in [0.1, 0.15) is 23.3 Å². The van der Waals surface area contributed by atoms with Crippen molar-refractivity contribution in [3.05, 3.63) is 47.6 Å². The Bertz CT molecular complexity index is 1620. The van der Waals surface area contributed by atoms with Crippen LogP contribution in [-0.4, -0.2) is 71.2 Å². The van der Waals surface area contributed by atoms with Gasteiger partial charge in [-0.05, 0) is 67.6 Å². The molecular weight excluding hydrogens is 655 g/mol. The van der Waals surface area contributed by atoms with Gasteiger partial charge in [0.2, 0.25) is 11.8 Å². The third-order valence-electron chi connectivity index (χ3n) is 9.96. The molecule has 3 amide bonds. The summed E-state index contributed by atoms with van der Waals surface area (Å²) in [6.07, 6.45) is -3.55. The van der Waals surface area contributed by atoms with Gasteiger partial charge in [-0.1, -0.05) is 26.8 Å². The minimum absolute atomic E-state index is 0.0369. The molecule has 2 aliphatic rings. The molecule has 3 atom stereocenters. The number of hydrogen-bond donors (Lipinski definition) is 2. The molecule has 3 heterocycles. The average Bonchev–Trinajstić information content (AvgIpc) is 3.73. The second kappa shape index (κ2) is 13.1. The van der Waals surface area contributed by atoms with Crippen molar-refractivity contribution in [3.63, 3.8) is 0 Å². The van der Waals surface area contributed by atoms with E-state index in [-0.39, 0.29) is 43.2 Å². The number of carbonyl (C=O) groups is 2. The molecule has 1 saturated carbocycles. The van der Waals surface area contributed by atoms with E-state index in [1.807, 2.05) is 46.1 Å². The molecule has 0 radical (unpaired) electrons. The third-order valence-corrected chi connectivity index (χ3v) is 14.5. The Hall–Kier alpha value is -3.53. The van der Waals surface area contributed by atoms with E-state index in [1.54, 1.807) is 24.3 Å². The van der Waals surface area contributed by atoms with Gasteiger partial charge in [0.05, 0.1) is 19.2 Å². The van der Waals surface area contributed by atoms with Gasteiger partial charge in [-0.15, -0.1) is 0 Å². The van der Waals surface area contributed by atoms with Crippen molar-refractivity contribution < 1.29 is 40.4 Å². The lowest BCUT2D eigenvalue weighted by Crippen LogP contribution is -2.44. The number of rotatable bonds is 10. The maximum absolute atomic E-state index is 14.1. The molecule has 1 aliphatic heterocycles. The maximum Gasteiger partial charge on any atom is 0.410 e. The number of hydrogen-bond acceptors (Lipinski definition) is 6. The summed E-state index contributed by atoms with van der Waals surface area (Å²) in [4.78, 5) is 32.1. The first-order valence-electron chi connectivity index (χ1n) is 16.2. The van der Waals surface area contributed by atoms with Crippen LogP contribution in [0.1, 0.15) is 87.4 Å². The summed E-state index contributed by atoms with van der Waals surface area (Å²) >= 11 is 0. The molecule has 5 rings (SSSR count). The first-order chi connectivity index (χ1) is 22.3. The van der Waals surface area contributed by atoms with Crippen molar-refractivity contribution in [2.24, 2.45) is 5.92 Å². The number of nitrogens with one attached hydrogen (secondary N) is 2. The summed E-state index contributed by atoms with van der Waals surface area (Å²) in [6.45, 7) is 11.8. The number of aryl methyl sites for hydroxylation is 1. The van der Waals surface area contributed by atoms with Gasteiger partial charge in [-0.3, -0.25) is 9.48 Å². The predicted molar refractivity (Wildman–Crippen MR) is 170 cm³/mol. The number of amides is 3. The highest BCUT2D eigenvalue weighted by molar-refractivity contribution is 6.74. The van der Waals surface area contributed by atoms with Gasteiger partial charge in [0.15, 0.2) is 13.9 Å². The molecular formula is C32H43F5N6O4Si. The van der Waals surface area contributed by atoms with Crippen LogP contribution in [0.3, 0.4) is 0 Å². The van der Waals surface area contributed by atoms with Gasteiger partial charge < -0.3 is 24.4 Å². The molecule has 2 N–H and O–H groups in total. The van der Waals surface area contributed by atoms with Crippen molar-refractivity contribution in [3.8, 4) is 0 Å². The Balaban J connectivity index is 1.49. The number of nitrogens with zero attached hydrogens (tertiary/aromatic N) is 4. The highest BCUT2D eigenvalue weighted by Gasteiger charge is 2.49. The van der Waals surface area contributed by atoms with E-state index in [0.29, 0.717) is 28.9 Å². The van der Waals surface area contributed by atoms with E-state index in [4.69, 9.17) is 8.84 Å². The molecule has 0 unspecified atom stereocenters. The van der Waals surface area contributed by atoms with Gasteiger partial charge in [-0.25, -0.2) is 18.6 Å². The number of fused-ring (bicyclic) bond motifs is 1. The monoisotopic (exact) mass is 698 g/mol. The molecule has 2 fully saturated rings. The molecule has 264 valence electrons. The fourth-order valence-electron chi connectivity index (χ4n) is 5.95. The normalized spacial score (nSPS) is 20.6. The topological polar surface area (TPSA) is 115 Å². The highest BCUT2D eigenvalue weighted by Crippen LogP contribution is 2.43. The van der Waals surface area contributed by atoms with Gasteiger partial charge >= 0.3 is 12.2 Å². The summed E-state index contributed by atoms with van der Waals surface area (Å²) in [6, 6.07) is 1.86. The lowest BCUT2D eigenvalue weighted by Gasteiger charge is -2.38. The highest BCUT2D eigenvalue weighted by atomic mass is 28.4. The first kappa shape index (κ1) is 35.8. The van der Waals surface area contributed by atoms with E-state index in [0.717, 1.165) is 4.90 Å². The van der Waals surface area contributed by atoms with E-state index in [2.05, 4.69) is 15.4 Å². The molecule has 1 aliphatic carbocycles. The summed E-state index contributed by atoms with van der Waals surface area (Å²) in [7, 11) is -2.38. The summed E-state index contributed by atoms with van der Waals surface area (Å²) in [5.41, 5.74) is 1.46. The zero-order valence-corrected chi connectivity index (χ0v) is 29.0. The SMILES string of the molecule is CCn1nccc1C(=O)N[C@H](c1nc2cc([C@H](CO[Si](C)(C)C(C)(C)C)N3C[C@@H](C(F)(F)F)NC3=O)ccc2o1)C1CCC(F)(F)CC1. The van der Waals surface area contributed by atoms with Crippen molar-refractivity contribution in [2.75, 3.05) is 13.2 Å². The second-order valence-electron chi connectivity index (χ2n) is 14.2. The van der Waals surface area contributed by atoms with Crippen LogP contribution in [0.5, 0.6) is 0 Å². The van der Waals surface area contributed by atoms with Crippen LogP contribution in [-0.2, 0) is 11.0 Å². The van der Waals surface area contributed by atoms with Gasteiger partial charge in [0.25, 0.3) is 5.91 Å². The molecule has 3 aromatic rings. The summed E-state index contributed by atoms with van der Waals surface area (Å²) in [5.74, 6) is -3.52. The number of urea groups is 1. The molecule has 1 saturated heterocycles. The van der Waals surface area contributed by atoms with Gasteiger partial charge in [-0.2, -0.15) is 18.3 Å². The fraction of sp³-hybridized carbons (Fsp3) is 0.625. The zero-order valence-electron chi connectivity index (χ0n) is 28.0. The van der Waals surface area contributed by atoms with E-state index < -0.39 is 62.9 Å². The number of oxazole rings is 1. The molecule has 10 nitrogen and oxygen atoms in total. The Kier molecular flexibility index (Phi) is 9.73. The van der Waals surface area contributed by atoms with E-state index >= 15 is 0 Å². The average molecular weight is 699 g/mol. The predicted octanol–water partition coefficient (Wildman–Crippen LogP) is 7.36. The van der Waals surface area contributed by atoms with Gasteiger partial charge in [0, 0.05) is 25.6 Å². The third kappa shape index (κ3) is 7.53. The zero-order chi connectivity index (χ0) is 35.2. The van der Waals surface area contributed by atoms with E-state index in [9.17, 15) is 31.5 Å². The Labute approximate surface area is 276 Å². The number of halogens is 5. The van der Waals surface area contributed by atoms with Crippen LogP contribution in [0.4, 0.5) is 26.7 Å². The second-order valence-corrected chi connectivity index (χ2v) is 19.0. The van der Waals surface area contributed by atoms with Crippen molar-refractivity contribution in [1.29, 1.82) is 0 Å². The van der Waals surface area contributed by atoms with Crippen molar-refractivity contribution in [2.45, 2.75) is 108 Å². The Morgan fingerprint density at radius 1 is 1.19 bits per heavy atom. The quantitative estimate of drug-likeness (QED) is 0.169. The van der Waals surface area contributed by atoms with Crippen LogP contribution < -0.4 is 10.6 Å². The van der Waals surface area contributed by atoms with E-state index in [1.165, 1.54) is 10.9 Å². The van der Waals surface area contributed by atoms with Crippen molar-refractivity contribution >= 4 is 31.4 Å². The first-order valence-corrected chi connectivity index (χ1v) is 19.1. The lowest BCUT2D eigenvalue weighted by molar-refractivity contribution is -0.150. The van der Waals surface area contributed by atoms with Crippen LogP contribution in [0.2, 0.25) is 18.1 Å². The number of carbonyl (C=O) groups excluding carboxylic acids is 2. The smallest absolute Gasteiger partial charge is 0.410 e. The number of aromatic nitrogens is 3. The van der Waals surface area contributed by atoms with Crippen LogP contribution >= 0.6 is 0 Å². The van der Waals surface area contributed by atoms with Crippen LogP contribution in [0, 0.1) is 5.92 Å². The fourth-order valence-corrected chi connectivity index (χ4v) is 6.96. The minimum atomic E-state index is -4.63. The number of alkyl halides is 5. The van der Waals surface area contributed by atoms with Crippen molar-refractivity contribution in [1.82, 2.24) is 30.3 Å². The largest absolute Gasteiger partial charge is 0.438 e. The number of benzene rings is 1. The molecule has 0 spiro atoms.